The Balaban J connectivity index is 3.14. The first-order chi connectivity index (χ1) is 8.54. The summed E-state index contributed by atoms with van der Waals surface area (Å²) >= 11 is 3.28. The van der Waals surface area contributed by atoms with Crippen molar-refractivity contribution in [2.45, 2.75) is 13.0 Å². The van der Waals surface area contributed by atoms with Gasteiger partial charge in [0.2, 0.25) is 0 Å². The van der Waals surface area contributed by atoms with E-state index in [1.807, 2.05) is 0 Å². The summed E-state index contributed by atoms with van der Waals surface area (Å²) in [7, 11) is 2.96. The van der Waals surface area contributed by atoms with Crippen LogP contribution in [0.3, 0.4) is 0 Å². The molecular formula is C12H15BrO5. The van der Waals surface area contributed by atoms with E-state index in [-0.39, 0.29) is 6.61 Å². The van der Waals surface area contributed by atoms with Crippen molar-refractivity contribution in [2.24, 2.45) is 0 Å². The fourth-order valence-electron chi connectivity index (χ4n) is 1.45. The number of methoxy groups -OCH3 is 2. The summed E-state index contributed by atoms with van der Waals surface area (Å²) in [5.74, 6) is 0.190. The predicted molar refractivity (Wildman–Crippen MR) is 68.8 cm³/mol. The molecule has 0 spiro atoms. The van der Waals surface area contributed by atoms with Crippen molar-refractivity contribution < 1.29 is 24.1 Å². The Morgan fingerprint density at radius 2 is 1.94 bits per heavy atom. The predicted octanol–water partition coefficient (Wildman–Crippen LogP) is 2.06. The lowest BCUT2D eigenvalue weighted by atomic mass is 10.1. The number of aliphatic hydroxyl groups excluding tert-OH is 1. The largest absolute Gasteiger partial charge is 0.496 e. The van der Waals surface area contributed by atoms with Gasteiger partial charge in [0.15, 0.2) is 6.10 Å². The lowest BCUT2D eigenvalue weighted by Gasteiger charge is -2.15. The van der Waals surface area contributed by atoms with Gasteiger partial charge in [-0.25, -0.2) is 4.79 Å². The summed E-state index contributed by atoms with van der Waals surface area (Å²) < 4.78 is 15.6. The monoisotopic (exact) mass is 318 g/mol. The average Bonchev–Trinajstić information content (AvgIpc) is 2.37. The molecule has 5 nitrogen and oxygen atoms in total. The third-order valence-corrected chi connectivity index (χ3v) is 2.93. The van der Waals surface area contributed by atoms with E-state index in [4.69, 9.17) is 14.2 Å². The highest BCUT2D eigenvalue weighted by Gasteiger charge is 2.24. The molecule has 100 valence electrons. The van der Waals surface area contributed by atoms with Gasteiger partial charge in [-0.2, -0.15) is 0 Å². The van der Waals surface area contributed by atoms with Gasteiger partial charge in [0.05, 0.1) is 25.3 Å². The summed E-state index contributed by atoms with van der Waals surface area (Å²) in [6.07, 6.45) is -1.39. The van der Waals surface area contributed by atoms with E-state index in [1.165, 1.54) is 14.2 Å². The van der Waals surface area contributed by atoms with Crippen LogP contribution >= 0.6 is 15.9 Å². The molecule has 1 unspecified atom stereocenters. The number of halogens is 1. The Labute approximate surface area is 114 Å². The Morgan fingerprint density at radius 1 is 1.33 bits per heavy atom. The van der Waals surface area contributed by atoms with E-state index in [1.54, 1.807) is 19.1 Å². The van der Waals surface area contributed by atoms with Gasteiger partial charge in [-0.15, -0.1) is 0 Å². The standard InChI is InChI=1S/C12H15BrO5/c1-4-18-12(15)11(14)7-5-8(13)10(17-3)6-9(7)16-2/h5-6,11,14H,4H2,1-3H3. The molecule has 0 aromatic heterocycles. The number of aliphatic hydroxyl groups is 1. The highest BCUT2D eigenvalue weighted by Crippen LogP contribution is 2.36. The number of ether oxygens (including phenoxy) is 3. The molecule has 0 saturated carbocycles. The van der Waals surface area contributed by atoms with Gasteiger partial charge < -0.3 is 19.3 Å². The second-order valence-corrected chi connectivity index (χ2v) is 4.24. The van der Waals surface area contributed by atoms with Gasteiger partial charge in [-0.05, 0) is 28.9 Å². The topological polar surface area (TPSA) is 65.0 Å². The van der Waals surface area contributed by atoms with Crippen LogP contribution in [0.4, 0.5) is 0 Å². The maximum absolute atomic E-state index is 11.5. The van der Waals surface area contributed by atoms with Crippen molar-refractivity contribution in [3.05, 3.63) is 22.2 Å². The first-order valence-electron chi connectivity index (χ1n) is 5.31. The molecule has 0 bridgehead atoms. The number of esters is 1. The minimum atomic E-state index is -1.39. The molecule has 0 fully saturated rings. The lowest BCUT2D eigenvalue weighted by molar-refractivity contribution is -0.153. The van der Waals surface area contributed by atoms with Gasteiger partial charge in [-0.1, -0.05) is 0 Å². The van der Waals surface area contributed by atoms with Crippen LogP contribution in [0.25, 0.3) is 0 Å². The molecule has 0 radical (unpaired) electrons. The number of carbonyl (C=O) groups excluding carboxylic acids is 1. The summed E-state index contributed by atoms with van der Waals surface area (Å²) in [6.45, 7) is 1.88. The van der Waals surface area contributed by atoms with Gasteiger partial charge in [0.25, 0.3) is 0 Å². The second kappa shape index (κ2) is 6.61. The number of carbonyl (C=O) groups is 1. The van der Waals surface area contributed by atoms with Crippen molar-refractivity contribution in [3.8, 4) is 11.5 Å². The van der Waals surface area contributed by atoms with Crippen LogP contribution in [0.1, 0.15) is 18.6 Å². The van der Waals surface area contributed by atoms with Crippen LogP contribution in [0, 0.1) is 0 Å². The Bertz CT molecular complexity index is 433. The van der Waals surface area contributed by atoms with Gasteiger partial charge in [-0.3, -0.25) is 0 Å². The first-order valence-corrected chi connectivity index (χ1v) is 6.10. The highest BCUT2D eigenvalue weighted by atomic mass is 79.9. The SMILES string of the molecule is CCOC(=O)C(O)c1cc(Br)c(OC)cc1OC. The van der Waals surface area contributed by atoms with E-state index >= 15 is 0 Å². The van der Waals surface area contributed by atoms with Crippen molar-refractivity contribution in [2.75, 3.05) is 20.8 Å². The maximum Gasteiger partial charge on any atom is 0.339 e. The zero-order chi connectivity index (χ0) is 13.7. The molecule has 1 atom stereocenters. The fraction of sp³-hybridized carbons (Fsp3) is 0.417. The molecule has 18 heavy (non-hydrogen) atoms. The molecule has 1 aromatic rings. The third-order valence-electron chi connectivity index (χ3n) is 2.31. The summed E-state index contributed by atoms with van der Waals surface area (Å²) in [5, 5.41) is 9.90. The normalized spacial score (nSPS) is 11.8. The van der Waals surface area contributed by atoms with Crippen molar-refractivity contribution in [1.29, 1.82) is 0 Å². The number of hydrogen-bond acceptors (Lipinski definition) is 5. The number of rotatable bonds is 5. The number of hydrogen-bond donors (Lipinski definition) is 1. The molecule has 0 aliphatic carbocycles. The summed E-state index contributed by atoms with van der Waals surface area (Å²) in [4.78, 5) is 11.5. The molecular weight excluding hydrogens is 304 g/mol. The van der Waals surface area contributed by atoms with Crippen molar-refractivity contribution in [3.63, 3.8) is 0 Å². The van der Waals surface area contributed by atoms with E-state index < -0.39 is 12.1 Å². The van der Waals surface area contributed by atoms with Crippen LogP contribution < -0.4 is 9.47 Å². The second-order valence-electron chi connectivity index (χ2n) is 3.38. The third kappa shape index (κ3) is 3.14. The van der Waals surface area contributed by atoms with Gasteiger partial charge >= 0.3 is 5.97 Å². The van der Waals surface area contributed by atoms with Gasteiger partial charge in [0, 0.05) is 11.6 Å². The Hall–Kier alpha value is -1.27. The molecule has 1 aromatic carbocycles. The molecule has 1 rings (SSSR count). The van der Waals surface area contributed by atoms with E-state index in [2.05, 4.69) is 15.9 Å². The minimum absolute atomic E-state index is 0.204. The fourth-order valence-corrected chi connectivity index (χ4v) is 1.97. The first kappa shape index (κ1) is 14.8. The smallest absolute Gasteiger partial charge is 0.339 e. The van der Waals surface area contributed by atoms with Gasteiger partial charge in [0.1, 0.15) is 11.5 Å². The van der Waals surface area contributed by atoms with E-state index in [0.717, 1.165) is 0 Å². The Kier molecular flexibility index (Phi) is 5.43. The van der Waals surface area contributed by atoms with Crippen LogP contribution in [0.2, 0.25) is 0 Å². The molecule has 0 saturated heterocycles. The molecule has 0 aliphatic heterocycles. The lowest BCUT2D eigenvalue weighted by Crippen LogP contribution is -2.16. The van der Waals surface area contributed by atoms with E-state index in [0.29, 0.717) is 21.5 Å². The zero-order valence-corrected chi connectivity index (χ0v) is 12.0. The Morgan fingerprint density at radius 3 is 2.44 bits per heavy atom. The van der Waals surface area contributed by atoms with Crippen LogP contribution in [0.5, 0.6) is 11.5 Å². The van der Waals surface area contributed by atoms with Crippen molar-refractivity contribution >= 4 is 21.9 Å². The minimum Gasteiger partial charge on any atom is -0.496 e. The molecule has 0 heterocycles. The summed E-state index contributed by atoms with van der Waals surface area (Å²) in [6, 6.07) is 3.15. The molecule has 1 N–H and O–H groups in total. The highest BCUT2D eigenvalue weighted by molar-refractivity contribution is 9.10. The van der Waals surface area contributed by atoms with Crippen LogP contribution in [-0.4, -0.2) is 31.9 Å². The van der Waals surface area contributed by atoms with Crippen LogP contribution in [-0.2, 0) is 9.53 Å². The quantitative estimate of drug-likeness (QED) is 0.842. The molecule has 0 aliphatic rings. The van der Waals surface area contributed by atoms with Crippen molar-refractivity contribution in [1.82, 2.24) is 0 Å². The van der Waals surface area contributed by atoms with E-state index in [9.17, 15) is 9.90 Å². The molecule has 0 amide bonds. The number of benzene rings is 1. The van der Waals surface area contributed by atoms with Crippen LogP contribution in [0.15, 0.2) is 16.6 Å². The average molecular weight is 319 g/mol. The molecule has 6 heteroatoms. The maximum atomic E-state index is 11.5. The summed E-state index contributed by atoms with van der Waals surface area (Å²) in [5.41, 5.74) is 0.323. The zero-order valence-electron chi connectivity index (χ0n) is 10.4.